The summed E-state index contributed by atoms with van der Waals surface area (Å²) < 4.78 is 0. The fourth-order valence-corrected chi connectivity index (χ4v) is 4.31. The molecule has 5 nitrogen and oxygen atoms in total. The van der Waals surface area contributed by atoms with E-state index >= 15 is 0 Å². The summed E-state index contributed by atoms with van der Waals surface area (Å²) in [5.74, 6) is 0.0615. The first-order valence-electron chi connectivity index (χ1n) is 10.0. The average Bonchev–Trinajstić information content (AvgIpc) is 2.69. The van der Waals surface area contributed by atoms with E-state index < -0.39 is 0 Å². The van der Waals surface area contributed by atoms with Gasteiger partial charge < -0.3 is 16.0 Å². The monoisotopic (exact) mass is 393 g/mol. The molecule has 1 aromatic carbocycles. The first kappa shape index (κ1) is 21.7. The number of benzene rings is 1. The number of nitrogens with zero attached hydrogens (tertiary/aromatic N) is 1. The fraction of sp³-hybridized carbons (Fsp3) is 0.619. The summed E-state index contributed by atoms with van der Waals surface area (Å²) >= 11 is 0. The van der Waals surface area contributed by atoms with Crippen LogP contribution in [0.15, 0.2) is 24.3 Å². The Labute approximate surface area is 168 Å². The van der Waals surface area contributed by atoms with Crippen molar-refractivity contribution in [3.05, 3.63) is 29.8 Å². The predicted molar refractivity (Wildman–Crippen MR) is 111 cm³/mol. The van der Waals surface area contributed by atoms with Crippen LogP contribution >= 0.6 is 12.4 Å². The molecular formula is C21H32ClN3O2. The van der Waals surface area contributed by atoms with Crippen molar-refractivity contribution < 1.29 is 9.59 Å². The van der Waals surface area contributed by atoms with Crippen molar-refractivity contribution in [1.82, 2.24) is 4.90 Å². The molecule has 2 fully saturated rings. The van der Waals surface area contributed by atoms with E-state index in [2.05, 4.69) is 5.32 Å². The molecule has 0 radical (unpaired) electrons. The molecule has 0 aromatic heterocycles. The van der Waals surface area contributed by atoms with Gasteiger partial charge in [0.15, 0.2) is 0 Å². The zero-order valence-corrected chi connectivity index (χ0v) is 16.9. The Kier molecular flexibility index (Phi) is 8.11. The molecule has 27 heavy (non-hydrogen) atoms. The number of likely N-dealkylation sites (tertiary alicyclic amines) is 1. The van der Waals surface area contributed by atoms with Crippen LogP contribution in [-0.2, 0) is 4.79 Å². The smallest absolute Gasteiger partial charge is 0.253 e. The number of carbonyl (C=O) groups excluding carboxylic acids is 2. The van der Waals surface area contributed by atoms with E-state index in [0.717, 1.165) is 51.6 Å². The molecule has 1 aliphatic carbocycles. The third kappa shape index (κ3) is 5.69. The number of anilines is 1. The number of carbonyl (C=O) groups is 2. The Hall–Kier alpha value is -1.59. The summed E-state index contributed by atoms with van der Waals surface area (Å²) in [4.78, 5) is 27.1. The Bertz CT molecular complexity index is 638. The lowest BCUT2D eigenvalue weighted by Gasteiger charge is -2.35. The highest BCUT2D eigenvalue weighted by Gasteiger charge is 2.33. The minimum Gasteiger partial charge on any atom is -0.339 e. The molecule has 1 saturated carbocycles. The van der Waals surface area contributed by atoms with Crippen molar-refractivity contribution in [2.45, 2.75) is 57.8 Å². The Morgan fingerprint density at radius 2 is 1.70 bits per heavy atom. The number of amides is 2. The molecule has 1 heterocycles. The average molecular weight is 394 g/mol. The standard InChI is InChI=1S/C21H31N3O2.ClH/c22-16-21(10-3-1-4-11-21)15-19(25)23-18-9-7-8-17(14-18)20(26)24-12-5-2-6-13-24;/h7-9,14H,1-6,10-13,15-16,22H2,(H,23,25);1H. The molecule has 0 bridgehead atoms. The van der Waals surface area contributed by atoms with E-state index in [-0.39, 0.29) is 29.6 Å². The quantitative estimate of drug-likeness (QED) is 0.794. The van der Waals surface area contributed by atoms with Crippen LogP contribution < -0.4 is 11.1 Å². The van der Waals surface area contributed by atoms with Gasteiger partial charge in [0.1, 0.15) is 0 Å². The van der Waals surface area contributed by atoms with Crippen LogP contribution in [-0.4, -0.2) is 36.3 Å². The highest BCUT2D eigenvalue weighted by Crippen LogP contribution is 2.38. The molecule has 0 unspecified atom stereocenters. The predicted octanol–water partition coefficient (Wildman–Crippen LogP) is 3.97. The molecule has 6 heteroatoms. The van der Waals surface area contributed by atoms with E-state index in [1.807, 2.05) is 23.1 Å². The highest BCUT2D eigenvalue weighted by atomic mass is 35.5. The maximum Gasteiger partial charge on any atom is 0.253 e. The maximum atomic E-state index is 12.6. The van der Waals surface area contributed by atoms with Crippen LogP contribution in [0.1, 0.15) is 68.1 Å². The van der Waals surface area contributed by atoms with Crippen LogP contribution in [0, 0.1) is 5.41 Å². The number of nitrogens with one attached hydrogen (secondary N) is 1. The molecule has 2 aliphatic rings. The maximum absolute atomic E-state index is 12.6. The van der Waals surface area contributed by atoms with E-state index in [4.69, 9.17) is 5.73 Å². The number of halogens is 1. The van der Waals surface area contributed by atoms with Crippen molar-refractivity contribution in [1.29, 1.82) is 0 Å². The first-order valence-corrected chi connectivity index (χ1v) is 10.0. The number of piperidine rings is 1. The van der Waals surface area contributed by atoms with Crippen LogP contribution in [0.25, 0.3) is 0 Å². The molecule has 1 aliphatic heterocycles. The topological polar surface area (TPSA) is 75.4 Å². The van der Waals surface area contributed by atoms with Crippen molar-refractivity contribution in [2.24, 2.45) is 11.1 Å². The zero-order chi connectivity index (χ0) is 18.4. The van der Waals surface area contributed by atoms with Crippen LogP contribution in [0.2, 0.25) is 0 Å². The minimum atomic E-state index is -0.0520. The van der Waals surface area contributed by atoms with Gasteiger partial charge in [-0.25, -0.2) is 0 Å². The second-order valence-corrected chi connectivity index (χ2v) is 7.92. The largest absolute Gasteiger partial charge is 0.339 e. The third-order valence-electron chi connectivity index (χ3n) is 5.92. The first-order chi connectivity index (χ1) is 12.6. The van der Waals surface area contributed by atoms with Gasteiger partial charge in [-0.05, 0) is 62.3 Å². The van der Waals surface area contributed by atoms with Crippen LogP contribution in [0.3, 0.4) is 0 Å². The lowest BCUT2D eigenvalue weighted by atomic mass is 9.71. The Morgan fingerprint density at radius 3 is 2.37 bits per heavy atom. The number of hydrogen-bond acceptors (Lipinski definition) is 3. The third-order valence-corrected chi connectivity index (χ3v) is 5.92. The fourth-order valence-electron chi connectivity index (χ4n) is 4.31. The summed E-state index contributed by atoms with van der Waals surface area (Å²) in [6.45, 7) is 2.22. The highest BCUT2D eigenvalue weighted by molar-refractivity contribution is 5.97. The van der Waals surface area contributed by atoms with Crippen molar-refractivity contribution in [3.8, 4) is 0 Å². The lowest BCUT2D eigenvalue weighted by Crippen LogP contribution is -2.36. The molecule has 150 valence electrons. The van der Waals surface area contributed by atoms with Crippen molar-refractivity contribution in [2.75, 3.05) is 25.0 Å². The van der Waals surface area contributed by atoms with Gasteiger partial charge in [0.2, 0.25) is 5.91 Å². The molecular weight excluding hydrogens is 362 g/mol. The molecule has 3 rings (SSSR count). The van der Waals surface area contributed by atoms with Gasteiger partial charge in [-0.2, -0.15) is 0 Å². The SMILES string of the molecule is Cl.NCC1(CC(=O)Nc2cccc(C(=O)N3CCCCC3)c2)CCCCC1. The number of nitrogens with two attached hydrogens (primary N) is 1. The molecule has 1 aromatic rings. The van der Waals surface area contributed by atoms with Gasteiger partial charge in [0.05, 0.1) is 0 Å². The van der Waals surface area contributed by atoms with Gasteiger partial charge in [-0.1, -0.05) is 25.3 Å². The second-order valence-electron chi connectivity index (χ2n) is 7.92. The van der Waals surface area contributed by atoms with Gasteiger partial charge in [0, 0.05) is 30.8 Å². The normalized spacial score (nSPS) is 19.1. The molecule has 2 amide bonds. The van der Waals surface area contributed by atoms with Gasteiger partial charge >= 0.3 is 0 Å². The number of rotatable bonds is 5. The summed E-state index contributed by atoms with van der Waals surface area (Å²) in [5.41, 5.74) is 7.29. The number of hydrogen-bond donors (Lipinski definition) is 2. The summed E-state index contributed by atoms with van der Waals surface area (Å²) in [5, 5.41) is 2.98. The van der Waals surface area contributed by atoms with Gasteiger partial charge in [0.25, 0.3) is 5.91 Å². The zero-order valence-electron chi connectivity index (χ0n) is 16.0. The van der Waals surface area contributed by atoms with Crippen molar-refractivity contribution >= 4 is 29.9 Å². The Balaban J connectivity index is 0.00000261. The molecule has 1 saturated heterocycles. The Morgan fingerprint density at radius 1 is 1.04 bits per heavy atom. The van der Waals surface area contributed by atoms with Gasteiger partial charge in [-0.3, -0.25) is 9.59 Å². The van der Waals surface area contributed by atoms with E-state index in [1.165, 1.54) is 12.8 Å². The summed E-state index contributed by atoms with van der Waals surface area (Å²) in [6, 6.07) is 7.31. The molecule has 0 spiro atoms. The van der Waals surface area contributed by atoms with E-state index in [1.54, 1.807) is 6.07 Å². The lowest BCUT2D eigenvalue weighted by molar-refractivity contribution is -0.118. The van der Waals surface area contributed by atoms with E-state index in [0.29, 0.717) is 24.2 Å². The van der Waals surface area contributed by atoms with E-state index in [9.17, 15) is 9.59 Å². The minimum absolute atomic E-state index is 0. The molecule has 3 N–H and O–H groups in total. The second kappa shape index (κ2) is 10.1. The molecule has 0 atom stereocenters. The van der Waals surface area contributed by atoms with Crippen LogP contribution in [0.5, 0.6) is 0 Å². The van der Waals surface area contributed by atoms with Crippen molar-refractivity contribution in [3.63, 3.8) is 0 Å². The van der Waals surface area contributed by atoms with Gasteiger partial charge in [-0.15, -0.1) is 12.4 Å². The summed E-state index contributed by atoms with van der Waals surface area (Å²) in [6.07, 6.45) is 9.43. The summed E-state index contributed by atoms with van der Waals surface area (Å²) in [7, 11) is 0. The van der Waals surface area contributed by atoms with Crippen LogP contribution in [0.4, 0.5) is 5.69 Å².